The van der Waals surface area contributed by atoms with Gasteiger partial charge in [-0.25, -0.2) is 0 Å². The number of benzene rings is 2. The maximum Gasteiger partial charge on any atom is 0.193 e. The van der Waals surface area contributed by atoms with Gasteiger partial charge in [-0.05, 0) is 80.7 Å². The Kier molecular flexibility index (Phi) is 6.35. The first-order valence-corrected chi connectivity index (χ1v) is 9.75. The summed E-state index contributed by atoms with van der Waals surface area (Å²) in [6.07, 6.45) is 4.69. The van der Waals surface area contributed by atoms with E-state index in [0.29, 0.717) is 28.4 Å². The quantitative estimate of drug-likeness (QED) is 0.513. The van der Waals surface area contributed by atoms with Crippen LogP contribution in [-0.2, 0) is 0 Å². The Hall–Kier alpha value is -2.53. The average Bonchev–Trinajstić information content (AvgIpc) is 2.70. The molecule has 0 radical (unpaired) electrons. The first-order chi connectivity index (χ1) is 13.1. The molecule has 0 aromatic heterocycles. The van der Waals surface area contributed by atoms with Crippen LogP contribution in [0.3, 0.4) is 0 Å². The fourth-order valence-corrected chi connectivity index (χ4v) is 3.63. The van der Waals surface area contributed by atoms with Crippen molar-refractivity contribution in [1.29, 1.82) is 0 Å². The van der Waals surface area contributed by atoms with E-state index in [1.165, 1.54) is 0 Å². The molecule has 0 spiro atoms. The standard InChI is InChI=1S/C22H29N3O2/c1-2-3-21(15-10-12-25-13-11-15)27-18-7-4-16(5-8-18)22(26)17-6-9-19(23)20(24)14-17/h4-9,14-15,21,25H,2-3,10-13,23-24H2,1H3. The molecular weight excluding hydrogens is 338 g/mol. The van der Waals surface area contributed by atoms with Crippen LogP contribution >= 0.6 is 0 Å². The highest BCUT2D eigenvalue weighted by Crippen LogP contribution is 2.26. The molecule has 0 aliphatic carbocycles. The van der Waals surface area contributed by atoms with Crippen molar-refractivity contribution in [3.8, 4) is 5.75 Å². The van der Waals surface area contributed by atoms with Crippen molar-refractivity contribution in [2.45, 2.75) is 38.7 Å². The van der Waals surface area contributed by atoms with E-state index in [0.717, 1.165) is 44.5 Å². The molecule has 0 bridgehead atoms. The molecule has 0 amide bonds. The predicted molar refractivity (Wildman–Crippen MR) is 110 cm³/mol. The van der Waals surface area contributed by atoms with Crippen molar-refractivity contribution in [1.82, 2.24) is 5.32 Å². The summed E-state index contributed by atoms with van der Waals surface area (Å²) in [5, 5.41) is 3.41. The lowest BCUT2D eigenvalue weighted by Gasteiger charge is -2.31. The van der Waals surface area contributed by atoms with E-state index in [-0.39, 0.29) is 11.9 Å². The summed E-state index contributed by atoms with van der Waals surface area (Å²) in [6, 6.07) is 12.4. The Labute approximate surface area is 161 Å². The number of anilines is 2. The molecule has 5 nitrogen and oxygen atoms in total. The van der Waals surface area contributed by atoms with Crippen LogP contribution in [0.15, 0.2) is 42.5 Å². The van der Waals surface area contributed by atoms with E-state index in [4.69, 9.17) is 16.2 Å². The summed E-state index contributed by atoms with van der Waals surface area (Å²) in [5.74, 6) is 1.34. The number of carbonyl (C=O) groups is 1. The second-order valence-corrected chi connectivity index (χ2v) is 7.23. The van der Waals surface area contributed by atoms with E-state index >= 15 is 0 Å². The lowest BCUT2D eigenvalue weighted by molar-refractivity contribution is 0.102. The van der Waals surface area contributed by atoms with Crippen molar-refractivity contribution in [2.75, 3.05) is 24.6 Å². The van der Waals surface area contributed by atoms with E-state index in [1.807, 2.05) is 24.3 Å². The zero-order chi connectivity index (χ0) is 19.2. The van der Waals surface area contributed by atoms with Gasteiger partial charge in [-0.1, -0.05) is 13.3 Å². The van der Waals surface area contributed by atoms with E-state index in [1.54, 1.807) is 18.2 Å². The number of hydrogen-bond acceptors (Lipinski definition) is 5. The van der Waals surface area contributed by atoms with Crippen LogP contribution in [0.5, 0.6) is 5.75 Å². The molecule has 1 unspecified atom stereocenters. The van der Waals surface area contributed by atoms with Gasteiger partial charge in [-0.2, -0.15) is 0 Å². The predicted octanol–water partition coefficient (Wildman–Crippen LogP) is 3.63. The highest BCUT2D eigenvalue weighted by molar-refractivity contribution is 6.09. The SMILES string of the molecule is CCCC(Oc1ccc(C(=O)c2ccc(N)c(N)c2)cc1)C1CCNCC1. The topological polar surface area (TPSA) is 90.4 Å². The number of nitrogen functional groups attached to an aromatic ring is 2. The Balaban J connectivity index is 1.69. The molecule has 144 valence electrons. The van der Waals surface area contributed by atoms with Crippen molar-refractivity contribution in [3.05, 3.63) is 53.6 Å². The number of nitrogens with one attached hydrogen (secondary N) is 1. The maximum absolute atomic E-state index is 12.6. The Morgan fingerprint density at radius 2 is 1.74 bits per heavy atom. The van der Waals surface area contributed by atoms with E-state index in [2.05, 4.69) is 12.2 Å². The van der Waals surface area contributed by atoms with Crippen molar-refractivity contribution in [3.63, 3.8) is 0 Å². The molecule has 1 fully saturated rings. The summed E-state index contributed by atoms with van der Waals surface area (Å²) in [7, 11) is 0. The van der Waals surface area contributed by atoms with Gasteiger partial charge in [0.15, 0.2) is 5.78 Å². The van der Waals surface area contributed by atoms with Crippen molar-refractivity contribution < 1.29 is 9.53 Å². The van der Waals surface area contributed by atoms with Crippen LogP contribution in [-0.4, -0.2) is 25.0 Å². The van der Waals surface area contributed by atoms with Gasteiger partial charge in [0.05, 0.1) is 11.4 Å². The Morgan fingerprint density at radius 3 is 2.37 bits per heavy atom. The zero-order valence-corrected chi connectivity index (χ0v) is 15.9. The number of nitrogens with two attached hydrogens (primary N) is 2. The lowest BCUT2D eigenvalue weighted by Crippen LogP contribution is -2.36. The van der Waals surface area contributed by atoms with Gasteiger partial charge in [0.1, 0.15) is 11.9 Å². The molecule has 1 saturated heterocycles. The maximum atomic E-state index is 12.6. The molecule has 3 rings (SSSR count). The van der Waals surface area contributed by atoms with Gasteiger partial charge < -0.3 is 21.5 Å². The highest BCUT2D eigenvalue weighted by atomic mass is 16.5. The summed E-state index contributed by atoms with van der Waals surface area (Å²) in [5.41, 5.74) is 13.6. The molecule has 2 aromatic carbocycles. The number of piperidine rings is 1. The van der Waals surface area contributed by atoms with Crippen molar-refractivity contribution >= 4 is 17.2 Å². The molecule has 1 aliphatic rings. The van der Waals surface area contributed by atoms with Crippen LogP contribution < -0.4 is 21.5 Å². The number of rotatable bonds is 7. The molecule has 5 N–H and O–H groups in total. The van der Waals surface area contributed by atoms with Gasteiger partial charge in [-0.15, -0.1) is 0 Å². The normalized spacial score (nSPS) is 16.0. The fourth-order valence-electron chi connectivity index (χ4n) is 3.63. The molecular formula is C22H29N3O2. The van der Waals surface area contributed by atoms with Crippen molar-refractivity contribution in [2.24, 2.45) is 5.92 Å². The second-order valence-electron chi connectivity index (χ2n) is 7.23. The number of ether oxygens (including phenoxy) is 1. The number of ketones is 1. The van der Waals surface area contributed by atoms with Crippen LogP contribution in [0.1, 0.15) is 48.5 Å². The minimum absolute atomic E-state index is 0.0725. The van der Waals surface area contributed by atoms with Gasteiger partial charge in [0.25, 0.3) is 0 Å². The largest absolute Gasteiger partial charge is 0.490 e. The average molecular weight is 367 g/mol. The van der Waals surface area contributed by atoms with Crippen LogP contribution in [0.2, 0.25) is 0 Å². The fraction of sp³-hybridized carbons (Fsp3) is 0.409. The second kappa shape index (κ2) is 8.91. The van der Waals surface area contributed by atoms with Crippen LogP contribution in [0.4, 0.5) is 11.4 Å². The highest BCUT2D eigenvalue weighted by Gasteiger charge is 2.24. The summed E-state index contributed by atoms with van der Waals surface area (Å²) in [4.78, 5) is 12.6. The minimum atomic E-state index is -0.0725. The van der Waals surface area contributed by atoms with E-state index < -0.39 is 0 Å². The van der Waals surface area contributed by atoms with Gasteiger partial charge in [0, 0.05) is 11.1 Å². The molecule has 1 heterocycles. The summed E-state index contributed by atoms with van der Waals surface area (Å²) in [6.45, 7) is 4.32. The van der Waals surface area contributed by atoms with Crippen LogP contribution in [0.25, 0.3) is 0 Å². The first kappa shape index (κ1) is 19.2. The Morgan fingerprint density at radius 1 is 1.07 bits per heavy atom. The smallest absolute Gasteiger partial charge is 0.193 e. The molecule has 1 aliphatic heterocycles. The number of hydrogen-bond donors (Lipinski definition) is 3. The molecule has 0 saturated carbocycles. The number of carbonyl (C=O) groups excluding carboxylic acids is 1. The summed E-state index contributed by atoms with van der Waals surface area (Å²) >= 11 is 0. The first-order valence-electron chi connectivity index (χ1n) is 9.75. The van der Waals surface area contributed by atoms with Gasteiger partial charge in [-0.3, -0.25) is 4.79 Å². The van der Waals surface area contributed by atoms with Gasteiger partial charge in [0.2, 0.25) is 0 Å². The third kappa shape index (κ3) is 4.80. The third-order valence-corrected chi connectivity index (χ3v) is 5.24. The van der Waals surface area contributed by atoms with Crippen LogP contribution in [0, 0.1) is 5.92 Å². The van der Waals surface area contributed by atoms with E-state index in [9.17, 15) is 4.79 Å². The molecule has 5 heteroatoms. The third-order valence-electron chi connectivity index (χ3n) is 5.24. The minimum Gasteiger partial charge on any atom is -0.490 e. The zero-order valence-electron chi connectivity index (χ0n) is 15.9. The lowest BCUT2D eigenvalue weighted by atomic mass is 9.89. The molecule has 27 heavy (non-hydrogen) atoms. The molecule has 2 aromatic rings. The summed E-state index contributed by atoms with van der Waals surface area (Å²) < 4.78 is 6.29. The molecule has 1 atom stereocenters. The van der Waals surface area contributed by atoms with Gasteiger partial charge >= 0.3 is 0 Å². The Bertz CT molecular complexity index is 768. The monoisotopic (exact) mass is 367 g/mol.